The number of carbonyl (C=O) groups excluding carboxylic acids is 1. The zero-order valence-corrected chi connectivity index (χ0v) is 21.0. The Morgan fingerprint density at radius 2 is 1.69 bits per heavy atom. The lowest BCUT2D eigenvalue weighted by Crippen LogP contribution is -2.48. The number of guanidine groups is 1. The van der Waals surface area contributed by atoms with Crippen LogP contribution >= 0.6 is 0 Å². The molecule has 2 N–H and O–H groups in total. The molecule has 1 fully saturated rings. The Bertz CT molecular complexity index is 714. The predicted molar refractivity (Wildman–Crippen MR) is 132 cm³/mol. The molecule has 2 atom stereocenters. The molecule has 2 unspecified atom stereocenters. The summed E-state index contributed by atoms with van der Waals surface area (Å²) in [5.41, 5.74) is 1.79. The third-order valence-corrected chi connectivity index (χ3v) is 5.66. The summed E-state index contributed by atoms with van der Waals surface area (Å²) in [7, 11) is 0. The fourth-order valence-corrected chi connectivity index (χ4v) is 4.21. The van der Waals surface area contributed by atoms with Gasteiger partial charge in [-0.1, -0.05) is 12.1 Å². The number of benzene rings is 1. The maximum absolute atomic E-state index is 12.8. The standard InChI is InChI=1S/C25H43N5O2/c1-8-26-25(27-13-14-30(18(2)3)19(4)5)28-15-22-9-11-23(12-10-22)24(31)29-16-20(6)32-21(7)17-29/h9-12,18-21H,8,13-17H2,1-7H3,(H2,26,27,28). The Morgan fingerprint density at radius 1 is 1.09 bits per heavy atom. The third-order valence-electron chi connectivity index (χ3n) is 5.66. The van der Waals surface area contributed by atoms with E-state index in [1.165, 1.54) is 0 Å². The van der Waals surface area contributed by atoms with Gasteiger partial charge >= 0.3 is 0 Å². The number of hydrogen-bond donors (Lipinski definition) is 2. The first kappa shape index (κ1) is 26.1. The van der Waals surface area contributed by atoms with Crippen LogP contribution in [0.1, 0.15) is 64.4 Å². The molecule has 0 bridgehead atoms. The van der Waals surface area contributed by atoms with E-state index in [0.717, 1.165) is 31.2 Å². The number of amides is 1. The van der Waals surface area contributed by atoms with E-state index in [1.807, 2.05) is 43.0 Å². The normalized spacial score (nSPS) is 19.7. The summed E-state index contributed by atoms with van der Waals surface area (Å²) in [4.78, 5) is 21.9. The van der Waals surface area contributed by atoms with Crippen LogP contribution in [-0.2, 0) is 11.3 Å². The number of hydrogen-bond acceptors (Lipinski definition) is 4. The topological polar surface area (TPSA) is 69.2 Å². The van der Waals surface area contributed by atoms with Crippen LogP contribution < -0.4 is 10.6 Å². The zero-order chi connectivity index (χ0) is 23.7. The van der Waals surface area contributed by atoms with Gasteiger partial charge in [0.1, 0.15) is 0 Å². The fourth-order valence-electron chi connectivity index (χ4n) is 4.21. The number of nitrogens with zero attached hydrogens (tertiary/aromatic N) is 3. The van der Waals surface area contributed by atoms with E-state index < -0.39 is 0 Å². The molecule has 7 nitrogen and oxygen atoms in total. The van der Waals surface area contributed by atoms with E-state index in [9.17, 15) is 4.79 Å². The summed E-state index contributed by atoms with van der Waals surface area (Å²) < 4.78 is 5.74. The minimum absolute atomic E-state index is 0.0666. The van der Waals surface area contributed by atoms with E-state index >= 15 is 0 Å². The molecule has 0 spiro atoms. The Morgan fingerprint density at radius 3 is 2.22 bits per heavy atom. The van der Waals surface area contributed by atoms with Gasteiger partial charge in [-0.2, -0.15) is 0 Å². The molecule has 1 heterocycles. The zero-order valence-electron chi connectivity index (χ0n) is 21.0. The highest BCUT2D eigenvalue weighted by Gasteiger charge is 2.26. The second kappa shape index (κ2) is 12.8. The first-order valence-corrected chi connectivity index (χ1v) is 12.0. The van der Waals surface area contributed by atoms with Gasteiger partial charge in [-0.15, -0.1) is 0 Å². The molecule has 0 aromatic heterocycles. The number of aliphatic imine (C=N–C) groups is 1. The van der Waals surface area contributed by atoms with Crippen molar-refractivity contribution >= 4 is 11.9 Å². The van der Waals surface area contributed by atoms with Gasteiger partial charge in [-0.3, -0.25) is 9.69 Å². The highest BCUT2D eigenvalue weighted by molar-refractivity contribution is 5.94. The van der Waals surface area contributed by atoms with Gasteiger partial charge in [-0.05, 0) is 66.2 Å². The molecular weight excluding hydrogens is 402 g/mol. The highest BCUT2D eigenvalue weighted by atomic mass is 16.5. The molecule has 0 aliphatic carbocycles. The third kappa shape index (κ3) is 8.10. The molecule has 2 rings (SSSR count). The fraction of sp³-hybridized carbons (Fsp3) is 0.680. The average molecular weight is 446 g/mol. The minimum atomic E-state index is 0.0666. The maximum Gasteiger partial charge on any atom is 0.254 e. The number of morpholine rings is 1. The van der Waals surface area contributed by atoms with Crippen molar-refractivity contribution in [1.82, 2.24) is 20.4 Å². The van der Waals surface area contributed by atoms with E-state index in [-0.39, 0.29) is 18.1 Å². The smallest absolute Gasteiger partial charge is 0.254 e. The number of carbonyl (C=O) groups is 1. The van der Waals surface area contributed by atoms with Crippen LogP contribution in [0, 0.1) is 0 Å². The molecule has 7 heteroatoms. The summed E-state index contributed by atoms with van der Waals surface area (Å²) in [6.07, 6.45) is 0.142. The summed E-state index contributed by atoms with van der Waals surface area (Å²) in [5.74, 6) is 0.883. The van der Waals surface area contributed by atoms with Gasteiger partial charge < -0.3 is 20.3 Å². The van der Waals surface area contributed by atoms with Crippen molar-refractivity contribution in [2.45, 2.75) is 79.3 Å². The largest absolute Gasteiger partial charge is 0.372 e. The van der Waals surface area contributed by atoms with Gasteiger partial charge in [0.05, 0.1) is 18.8 Å². The molecule has 0 saturated carbocycles. The molecule has 1 aromatic rings. The molecule has 0 radical (unpaired) electrons. The second-order valence-corrected chi connectivity index (χ2v) is 9.21. The molecule has 1 aliphatic rings. The quantitative estimate of drug-likeness (QED) is 0.452. The van der Waals surface area contributed by atoms with Crippen molar-refractivity contribution in [3.8, 4) is 0 Å². The molecule has 180 valence electrons. The van der Waals surface area contributed by atoms with Crippen LogP contribution in [0.2, 0.25) is 0 Å². The summed E-state index contributed by atoms with van der Waals surface area (Å²) in [6, 6.07) is 8.82. The molecule has 32 heavy (non-hydrogen) atoms. The SMILES string of the molecule is CCNC(=NCc1ccc(C(=O)N2CC(C)OC(C)C2)cc1)NCCN(C(C)C)C(C)C. The monoisotopic (exact) mass is 445 g/mol. The Labute approximate surface area is 194 Å². The van der Waals surface area contributed by atoms with Crippen molar-refractivity contribution < 1.29 is 9.53 Å². The average Bonchev–Trinajstić information content (AvgIpc) is 2.73. The van der Waals surface area contributed by atoms with Crippen molar-refractivity contribution in [1.29, 1.82) is 0 Å². The van der Waals surface area contributed by atoms with Crippen LogP contribution in [0.4, 0.5) is 0 Å². The lowest BCUT2D eigenvalue weighted by molar-refractivity contribution is -0.0586. The second-order valence-electron chi connectivity index (χ2n) is 9.21. The lowest BCUT2D eigenvalue weighted by Gasteiger charge is -2.35. The minimum Gasteiger partial charge on any atom is -0.372 e. The van der Waals surface area contributed by atoms with E-state index in [2.05, 4.69) is 50.2 Å². The predicted octanol–water partition coefficient (Wildman–Crippen LogP) is 3.11. The van der Waals surface area contributed by atoms with Crippen molar-refractivity contribution in [3.63, 3.8) is 0 Å². The number of ether oxygens (including phenoxy) is 1. The van der Waals surface area contributed by atoms with Crippen LogP contribution in [-0.4, -0.2) is 78.7 Å². The van der Waals surface area contributed by atoms with Crippen LogP contribution in [0.3, 0.4) is 0 Å². The van der Waals surface area contributed by atoms with Crippen molar-refractivity contribution in [3.05, 3.63) is 35.4 Å². The van der Waals surface area contributed by atoms with Gasteiger partial charge in [0.25, 0.3) is 5.91 Å². The molecule has 1 saturated heterocycles. The number of rotatable bonds is 9. The van der Waals surface area contributed by atoms with Gasteiger partial charge in [0, 0.05) is 50.4 Å². The molecular formula is C25H43N5O2. The van der Waals surface area contributed by atoms with Crippen molar-refractivity contribution in [2.24, 2.45) is 4.99 Å². The molecule has 1 aromatic carbocycles. The van der Waals surface area contributed by atoms with E-state index in [4.69, 9.17) is 9.73 Å². The Kier molecular flexibility index (Phi) is 10.5. The van der Waals surface area contributed by atoms with E-state index in [1.54, 1.807) is 0 Å². The highest BCUT2D eigenvalue weighted by Crippen LogP contribution is 2.15. The first-order chi connectivity index (χ1) is 15.2. The Balaban J connectivity index is 1.92. The van der Waals surface area contributed by atoms with Crippen LogP contribution in [0.15, 0.2) is 29.3 Å². The lowest BCUT2D eigenvalue weighted by atomic mass is 10.1. The van der Waals surface area contributed by atoms with E-state index in [0.29, 0.717) is 37.3 Å². The molecule has 1 amide bonds. The number of nitrogens with one attached hydrogen (secondary N) is 2. The van der Waals surface area contributed by atoms with Crippen molar-refractivity contribution in [2.75, 3.05) is 32.7 Å². The summed E-state index contributed by atoms with van der Waals surface area (Å²) in [5, 5.41) is 6.75. The summed E-state index contributed by atoms with van der Waals surface area (Å²) >= 11 is 0. The maximum atomic E-state index is 12.8. The molecule has 1 aliphatic heterocycles. The van der Waals surface area contributed by atoms with Crippen LogP contribution in [0.25, 0.3) is 0 Å². The first-order valence-electron chi connectivity index (χ1n) is 12.0. The van der Waals surface area contributed by atoms with Gasteiger partial charge in [0.15, 0.2) is 5.96 Å². The van der Waals surface area contributed by atoms with Gasteiger partial charge in [-0.25, -0.2) is 4.99 Å². The van der Waals surface area contributed by atoms with Gasteiger partial charge in [0.2, 0.25) is 0 Å². The Hall–Kier alpha value is -2.12. The summed E-state index contributed by atoms with van der Waals surface area (Å²) in [6.45, 7) is 19.5. The van der Waals surface area contributed by atoms with Crippen LogP contribution in [0.5, 0.6) is 0 Å².